The number of pyridine rings is 1. The molecule has 2 aromatic carbocycles. The van der Waals surface area contributed by atoms with Gasteiger partial charge in [-0.25, -0.2) is 0 Å². The molecule has 0 aliphatic carbocycles. The van der Waals surface area contributed by atoms with Gasteiger partial charge in [-0.3, -0.25) is 9.59 Å². The number of hydrogen-bond donors (Lipinski definition) is 1. The smallest absolute Gasteiger partial charge is 0.254 e. The Kier molecular flexibility index (Phi) is 5.57. The van der Waals surface area contributed by atoms with Crippen LogP contribution in [0.4, 0.5) is 0 Å². The Hall–Kier alpha value is -3.32. The number of nitrogens with one attached hydrogen (secondary N) is 1. The Labute approximate surface area is 185 Å². The number of H-pyrrole nitrogens is 1. The summed E-state index contributed by atoms with van der Waals surface area (Å²) in [5, 5.41) is 0.837. The van der Waals surface area contributed by atoms with Gasteiger partial charge in [-0.2, -0.15) is 0 Å². The summed E-state index contributed by atoms with van der Waals surface area (Å²) in [7, 11) is 0. The van der Waals surface area contributed by atoms with Crippen LogP contribution in [0.15, 0.2) is 47.3 Å². The summed E-state index contributed by atoms with van der Waals surface area (Å²) in [6, 6.07) is 13.0. The molecular formula is C25H26N2O5. The van der Waals surface area contributed by atoms with E-state index in [1.165, 1.54) is 0 Å². The molecule has 0 radical (unpaired) electrons. The van der Waals surface area contributed by atoms with Crippen molar-refractivity contribution in [2.75, 3.05) is 26.4 Å². The Bertz CT molecular complexity index is 1200. The lowest BCUT2D eigenvalue weighted by atomic mass is 10.1. The predicted molar refractivity (Wildman–Crippen MR) is 120 cm³/mol. The molecule has 1 N–H and O–H groups in total. The van der Waals surface area contributed by atoms with Gasteiger partial charge in [0.1, 0.15) is 13.2 Å². The second-order valence-electron chi connectivity index (χ2n) is 8.39. The van der Waals surface area contributed by atoms with Crippen molar-refractivity contribution in [3.8, 4) is 11.5 Å². The molecule has 1 amide bonds. The van der Waals surface area contributed by atoms with Gasteiger partial charge in [0, 0.05) is 35.7 Å². The number of carbonyl (C=O) groups excluding carboxylic acids is 1. The SMILES string of the molecule is Cc1ccc(C(=O)N(Cc2cc3cc4c(cc3[nH]c2=O)OCCO4)CC2CCCO2)cc1. The lowest BCUT2D eigenvalue weighted by Crippen LogP contribution is -2.38. The van der Waals surface area contributed by atoms with Crippen molar-refractivity contribution in [1.82, 2.24) is 9.88 Å². The average molecular weight is 434 g/mol. The summed E-state index contributed by atoms with van der Waals surface area (Å²) in [5.41, 5.74) is 2.67. The van der Waals surface area contributed by atoms with Crippen LogP contribution in [0.5, 0.6) is 11.5 Å². The summed E-state index contributed by atoms with van der Waals surface area (Å²) < 4.78 is 17.1. The maximum Gasteiger partial charge on any atom is 0.254 e. The highest BCUT2D eigenvalue weighted by molar-refractivity contribution is 5.94. The minimum absolute atomic E-state index is 0.0125. The third-order valence-electron chi connectivity index (χ3n) is 5.98. The quantitative estimate of drug-likeness (QED) is 0.666. The molecule has 7 nitrogen and oxygen atoms in total. The van der Waals surface area contributed by atoms with Crippen molar-refractivity contribution >= 4 is 16.8 Å². The summed E-state index contributed by atoms with van der Waals surface area (Å²) in [6.07, 6.45) is 1.89. The lowest BCUT2D eigenvalue weighted by molar-refractivity contribution is 0.0506. The fraction of sp³-hybridized carbons (Fsp3) is 0.360. The molecule has 3 heterocycles. The first kappa shape index (κ1) is 20.6. The zero-order valence-corrected chi connectivity index (χ0v) is 18.1. The highest BCUT2D eigenvalue weighted by atomic mass is 16.6. The molecular weight excluding hydrogens is 408 g/mol. The van der Waals surface area contributed by atoms with Gasteiger partial charge >= 0.3 is 0 Å². The molecule has 0 saturated carbocycles. The van der Waals surface area contributed by atoms with Gasteiger partial charge < -0.3 is 24.1 Å². The van der Waals surface area contributed by atoms with Crippen molar-refractivity contribution in [3.63, 3.8) is 0 Å². The van der Waals surface area contributed by atoms with Crippen LogP contribution in [0.2, 0.25) is 0 Å². The third kappa shape index (κ3) is 4.21. The van der Waals surface area contributed by atoms with E-state index in [1.807, 2.05) is 43.3 Å². The van der Waals surface area contributed by atoms with Gasteiger partial charge in [0.2, 0.25) is 0 Å². The number of benzene rings is 2. The maximum atomic E-state index is 13.3. The largest absolute Gasteiger partial charge is 0.486 e. The summed E-state index contributed by atoms with van der Waals surface area (Å²) in [5.74, 6) is 1.18. The van der Waals surface area contributed by atoms with Crippen LogP contribution in [-0.4, -0.2) is 48.3 Å². The fourth-order valence-corrected chi connectivity index (χ4v) is 4.24. The second kappa shape index (κ2) is 8.67. The van der Waals surface area contributed by atoms with Crippen molar-refractivity contribution < 1.29 is 19.0 Å². The van der Waals surface area contributed by atoms with Crippen molar-refractivity contribution in [2.24, 2.45) is 0 Å². The van der Waals surface area contributed by atoms with E-state index in [0.29, 0.717) is 54.5 Å². The van der Waals surface area contributed by atoms with E-state index in [1.54, 1.807) is 11.0 Å². The molecule has 166 valence electrons. The van der Waals surface area contributed by atoms with Crippen LogP contribution in [-0.2, 0) is 11.3 Å². The molecule has 1 fully saturated rings. The first-order valence-electron chi connectivity index (χ1n) is 11.0. The normalized spacial score (nSPS) is 17.5. The second-order valence-corrected chi connectivity index (χ2v) is 8.39. The number of hydrogen-bond acceptors (Lipinski definition) is 5. The highest BCUT2D eigenvalue weighted by Crippen LogP contribution is 2.33. The first-order valence-corrected chi connectivity index (χ1v) is 11.0. The van der Waals surface area contributed by atoms with Gasteiger partial charge in [-0.1, -0.05) is 17.7 Å². The molecule has 1 aromatic heterocycles. The number of fused-ring (bicyclic) bond motifs is 2. The molecule has 1 saturated heterocycles. The standard InChI is InChI=1S/C25H26N2O5/c1-16-4-6-17(7-5-16)25(29)27(15-20-3-2-8-30-20)14-19-11-18-12-22-23(32-10-9-31-22)13-21(18)26-24(19)28/h4-7,11-13,20H,2-3,8-10,14-15H2,1H3,(H,26,28). The Morgan fingerprint density at radius 1 is 1.06 bits per heavy atom. The van der Waals surface area contributed by atoms with E-state index >= 15 is 0 Å². The number of aryl methyl sites for hydroxylation is 1. The molecule has 32 heavy (non-hydrogen) atoms. The molecule has 5 rings (SSSR count). The number of nitrogens with zero attached hydrogens (tertiary/aromatic N) is 1. The summed E-state index contributed by atoms with van der Waals surface area (Å²) >= 11 is 0. The van der Waals surface area contributed by atoms with E-state index in [2.05, 4.69) is 4.98 Å². The third-order valence-corrected chi connectivity index (χ3v) is 5.98. The molecule has 0 spiro atoms. The van der Waals surface area contributed by atoms with E-state index in [-0.39, 0.29) is 24.1 Å². The number of amides is 1. The Balaban J connectivity index is 1.47. The number of rotatable bonds is 5. The number of ether oxygens (including phenoxy) is 3. The monoisotopic (exact) mass is 434 g/mol. The number of aromatic nitrogens is 1. The summed E-state index contributed by atoms with van der Waals surface area (Å²) in [6.45, 7) is 4.33. The highest BCUT2D eigenvalue weighted by Gasteiger charge is 2.25. The van der Waals surface area contributed by atoms with Crippen LogP contribution in [0.1, 0.15) is 34.3 Å². The van der Waals surface area contributed by atoms with Crippen molar-refractivity contribution in [3.05, 3.63) is 69.5 Å². The average Bonchev–Trinajstić information content (AvgIpc) is 3.31. The van der Waals surface area contributed by atoms with Crippen LogP contribution in [0, 0.1) is 6.92 Å². The van der Waals surface area contributed by atoms with Crippen LogP contribution in [0.3, 0.4) is 0 Å². The Morgan fingerprint density at radius 3 is 2.53 bits per heavy atom. The fourth-order valence-electron chi connectivity index (χ4n) is 4.24. The van der Waals surface area contributed by atoms with E-state index in [4.69, 9.17) is 14.2 Å². The number of aromatic amines is 1. The minimum Gasteiger partial charge on any atom is -0.486 e. The van der Waals surface area contributed by atoms with Crippen LogP contribution in [0.25, 0.3) is 10.9 Å². The van der Waals surface area contributed by atoms with Gasteiger partial charge in [0.15, 0.2) is 11.5 Å². The molecule has 2 aliphatic heterocycles. The molecule has 0 bridgehead atoms. The zero-order chi connectivity index (χ0) is 22.1. The van der Waals surface area contributed by atoms with E-state index in [0.717, 1.165) is 23.8 Å². The van der Waals surface area contributed by atoms with Gasteiger partial charge in [0.05, 0.1) is 18.2 Å². The van der Waals surface area contributed by atoms with Gasteiger partial charge in [0.25, 0.3) is 11.5 Å². The topological polar surface area (TPSA) is 80.9 Å². The molecule has 7 heteroatoms. The van der Waals surface area contributed by atoms with E-state index < -0.39 is 0 Å². The molecule has 1 atom stereocenters. The molecule has 2 aliphatic rings. The summed E-state index contributed by atoms with van der Waals surface area (Å²) in [4.78, 5) is 30.9. The number of carbonyl (C=O) groups is 1. The van der Waals surface area contributed by atoms with Crippen LogP contribution >= 0.6 is 0 Å². The zero-order valence-electron chi connectivity index (χ0n) is 18.1. The van der Waals surface area contributed by atoms with Gasteiger partial charge in [-0.15, -0.1) is 0 Å². The predicted octanol–water partition coefficient (Wildman–Crippen LogP) is 3.43. The molecule has 1 unspecified atom stereocenters. The molecule has 3 aromatic rings. The minimum atomic E-state index is -0.219. The Morgan fingerprint density at radius 2 is 1.81 bits per heavy atom. The van der Waals surface area contributed by atoms with Gasteiger partial charge in [-0.05, 0) is 44.0 Å². The van der Waals surface area contributed by atoms with E-state index in [9.17, 15) is 9.59 Å². The first-order chi connectivity index (χ1) is 15.6. The van der Waals surface area contributed by atoms with Crippen molar-refractivity contribution in [2.45, 2.75) is 32.4 Å². The van der Waals surface area contributed by atoms with Crippen molar-refractivity contribution in [1.29, 1.82) is 0 Å². The maximum absolute atomic E-state index is 13.3. The lowest BCUT2D eigenvalue weighted by Gasteiger charge is -2.26. The van der Waals surface area contributed by atoms with Crippen LogP contribution < -0.4 is 15.0 Å².